The summed E-state index contributed by atoms with van der Waals surface area (Å²) in [7, 11) is 0. The minimum Gasteiger partial charge on any atom is -0.478 e. The maximum absolute atomic E-state index is 12.7. The molecule has 1 aromatic heterocycles. The van der Waals surface area contributed by atoms with E-state index in [0.29, 0.717) is 22.3 Å². The molecule has 1 aromatic carbocycles. The van der Waals surface area contributed by atoms with Crippen molar-refractivity contribution in [3.63, 3.8) is 0 Å². The summed E-state index contributed by atoms with van der Waals surface area (Å²) in [5.41, 5.74) is 0.864. The molecule has 9 heteroatoms. The molecule has 1 amide bonds. The van der Waals surface area contributed by atoms with Crippen LogP contribution >= 0.6 is 11.8 Å². The van der Waals surface area contributed by atoms with Gasteiger partial charge in [-0.2, -0.15) is 15.1 Å². The number of nitrogens with one attached hydrogen (secondary N) is 1. The highest BCUT2D eigenvalue weighted by Gasteiger charge is 2.35. The number of amides is 1. The lowest BCUT2D eigenvalue weighted by atomic mass is 9.86. The van der Waals surface area contributed by atoms with E-state index >= 15 is 0 Å². The lowest BCUT2D eigenvalue weighted by Crippen LogP contribution is -2.35. The fourth-order valence-corrected chi connectivity index (χ4v) is 5.37. The van der Waals surface area contributed by atoms with Gasteiger partial charge in [0.15, 0.2) is 5.84 Å². The van der Waals surface area contributed by atoms with Gasteiger partial charge < -0.3 is 9.52 Å². The molecule has 1 fully saturated rings. The summed E-state index contributed by atoms with van der Waals surface area (Å²) in [6, 6.07) is 9.79. The van der Waals surface area contributed by atoms with Crippen molar-refractivity contribution < 1.29 is 19.1 Å². The van der Waals surface area contributed by atoms with Gasteiger partial charge in [0, 0.05) is 5.56 Å². The summed E-state index contributed by atoms with van der Waals surface area (Å²) >= 11 is 1.37. The van der Waals surface area contributed by atoms with Crippen LogP contribution in [0.3, 0.4) is 0 Å². The summed E-state index contributed by atoms with van der Waals surface area (Å²) in [5.74, 6) is 0.0223. The Hall–Kier alpha value is -3.46. The third kappa shape index (κ3) is 4.61. The SMILES string of the molecule is N=C1C(=Cc2ccc(-c3cccc(C(=O)O)c3)o2)C(=O)N=C2SC(CCC3CCCCC3)=NN12. The van der Waals surface area contributed by atoms with Crippen molar-refractivity contribution in [2.45, 2.75) is 44.9 Å². The average molecular weight is 477 g/mol. The number of carbonyl (C=O) groups is 2. The highest BCUT2D eigenvalue weighted by molar-refractivity contribution is 8.26. The number of hydrogen-bond acceptors (Lipinski definition) is 6. The van der Waals surface area contributed by atoms with Gasteiger partial charge in [0.05, 0.1) is 11.1 Å². The molecule has 8 nitrogen and oxygen atoms in total. The second kappa shape index (κ2) is 9.42. The van der Waals surface area contributed by atoms with Crippen LogP contribution in [0.2, 0.25) is 0 Å². The molecule has 3 heterocycles. The van der Waals surface area contributed by atoms with Crippen LogP contribution in [-0.4, -0.2) is 38.0 Å². The number of carboxylic acids is 1. The first-order valence-electron chi connectivity index (χ1n) is 11.4. The maximum Gasteiger partial charge on any atom is 0.335 e. The normalized spacial score (nSPS) is 19.9. The number of carboxylic acid groups (broad SMARTS) is 1. The van der Waals surface area contributed by atoms with Gasteiger partial charge in [-0.15, -0.1) is 0 Å². The van der Waals surface area contributed by atoms with Crippen molar-refractivity contribution in [2.75, 3.05) is 0 Å². The number of thioether (sulfide) groups is 1. The van der Waals surface area contributed by atoms with Crippen LogP contribution in [0.5, 0.6) is 0 Å². The molecule has 1 aliphatic carbocycles. The minimum absolute atomic E-state index is 0.0269. The molecular formula is C25H24N4O4S. The molecule has 0 radical (unpaired) electrons. The van der Waals surface area contributed by atoms with E-state index < -0.39 is 11.9 Å². The molecule has 0 saturated heterocycles. The van der Waals surface area contributed by atoms with Gasteiger partial charge in [-0.3, -0.25) is 10.2 Å². The van der Waals surface area contributed by atoms with Crippen LogP contribution < -0.4 is 0 Å². The van der Waals surface area contributed by atoms with Crippen LogP contribution in [0.25, 0.3) is 17.4 Å². The van der Waals surface area contributed by atoms with Gasteiger partial charge in [0.2, 0.25) is 5.17 Å². The maximum atomic E-state index is 12.7. The van der Waals surface area contributed by atoms with Crippen molar-refractivity contribution in [3.05, 3.63) is 53.3 Å². The summed E-state index contributed by atoms with van der Waals surface area (Å²) in [6.07, 6.45) is 9.88. The summed E-state index contributed by atoms with van der Waals surface area (Å²) in [5, 5.41) is 25.0. The molecule has 2 N–H and O–H groups in total. The number of hydrogen-bond donors (Lipinski definition) is 2. The van der Waals surface area contributed by atoms with Gasteiger partial charge in [-0.1, -0.05) is 44.2 Å². The fourth-order valence-electron chi connectivity index (χ4n) is 4.47. The highest BCUT2D eigenvalue weighted by Crippen LogP contribution is 2.33. The van der Waals surface area contributed by atoms with Gasteiger partial charge in [-0.05, 0) is 60.9 Å². The molecule has 1 saturated carbocycles. The molecule has 5 rings (SSSR count). The number of aromatic carboxylic acids is 1. The van der Waals surface area contributed by atoms with E-state index in [4.69, 9.17) is 9.83 Å². The van der Waals surface area contributed by atoms with Crippen molar-refractivity contribution in [3.8, 4) is 11.3 Å². The number of aliphatic imine (C=N–C) groups is 1. The number of hydrazone groups is 1. The molecule has 3 aliphatic rings. The smallest absolute Gasteiger partial charge is 0.335 e. The number of amidine groups is 2. The summed E-state index contributed by atoms with van der Waals surface area (Å²) in [6.45, 7) is 0. The zero-order valence-electron chi connectivity index (χ0n) is 18.5. The topological polar surface area (TPSA) is 119 Å². The number of benzene rings is 1. The first kappa shape index (κ1) is 22.3. The van der Waals surface area contributed by atoms with Crippen LogP contribution in [0, 0.1) is 11.3 Å². The fraction of sp³-hybridized carbons (Fsp3) is 0.320. The third-order valence-corrected chi connectivity index (χ3v) is 7.26. The Morgan fingerprint density at radius 1 is 1.24 bits per heavy atom. The van der Waals surface area contributed by atoms with Gasteiger partial charge in [0.25, 0.3) is 5.91 Å². The van der Waals surface area contributed by atoms with E-state index in [1.165, 1.54) is 67.1 Å². The zero-order chi connectivity index (χ0) is 23.7. The Morgan fingerprint density at radius 2 is 2.06 bits per heavy atom. The van der Waals surface area contributed by atoms with E-state index in [9.17, 15) is 14.7 Å². The second-order valence-electron chi connectivity index (χ2n) is 8.64. The highest BCUT2D eigenvalue weighted by atomic mass is 32.2. The van der Waals surface area contributed by atoms with Crippen molar-refractivity contribution >= 4 is 45.8 Å². The zero-order valence-corrected chi connectivity index (χ0v) is 19.3. The first-order chi connectivity index (χ1) is 16.5. The first-order valence-corrected chi connectivity index (χ1v) is 12.2. The molecule has 0 spiro atoms. The molecule has 0 atom stereocenters. The monoisotopic (exact) mass is 476 g/mol. The lowest BCUT2D eigenvalue weighted by molar-refractivity contribution is -0.114. The lowest BCUT2D eigenvalue weighted by Gasteiger charge is -2.20. The van der Waals surface area contributed by atoms with E-state index in [1.807, 2.05) is 0 Å². The molecule has 0 bridgehead atoms. The van der Waals surface area contributed by atoms with E-state index in [0.717, 1.165) is 23.8 Å². The predicted molar refractivity (Wildman–Crippen MR) is 132 cm³/mol. The van der Waals surface area contributed by atoms with Crippen molar-refractivity contribution in [1.29, 1.82) is 5.41 Å². The van der Waals surface area contributed by atoms with Crippen molar-refractivity contribution in [2.24, 2.45) is 16.0 Å². The molecule has 0 unspecified atom stereocenters. The Morgan fingerprint density at radius 3 is 2.85 bits per heavy atom. The molecule has 34 heavy (non-hydrogen) atoms. The van der Waals surface area contributed by atoms with Gasteiger partial charge >= 0.3 is 5.97 Å². The number of fused-ring (bicyclic) bond motifs is 1. The standard InChI is InChI=1S/C25H24N4O4S/c26-22-19(14-18-10-11-20(33-18)16-7-4-8-17(13-16)24(31)32)23(30)27-25-29(22)28-21(34-25)12-9-15-5-2-1-3-6-15/h4,7-8,10-11,13-15,26H,1-3,5-6,9,12H2,(H,31,32). The Balaban J connectivity index is 1.32. The van der Waals surface area contributed by atoms with Crippen LogP contribution in [0.15, 0.2) is 56.5 Å². The number of carbonyl (C=O) groups excluding carboxylic acids is 1. The Bertz CT molecular complexity index is 1250. The number of nitrogens with zero attached hydrogens (tertiary/aromatic N) is 3. The Labute approximate surface area is 200 Å². The average Bonchev–Trinajstić information content (AvgIpc) is 3.48. The van der Waals surface area contributed by atoms with Crippen LogP contribution in [0.1, 0.15) is 61.1 Å². The molecule has 2 aromatic rings. The van der Waals surface area contributed by atoms with Crippen LogP contribution in [-0.2, 0) is 4.79 Å². The predicted octanol–water partition coefficient (Wildman–Crippen LogP) is 5.62. The number of rotatable bonds is 6. The quantitative estimate of drug-likeness (QED) is 0.522. The summed E-state index contributed by atoms with van der Waals surface area (Å²) in [4.78, 5) is 28.0. The Kier molecular flexibility index (Phi) is 6.19. The largest absolute Gasteiger partial charge is 0.478 e. The minimum atomic E-state index is -1.02. The second-order valence-corrected chi connectivity index (χ2v) is 9.68. The number of furan rings is 1. The van der Waals surface area contributed by atoms with Gasteiger partial charge in [0.1, 0.15) is 16.6 Å². The van der Waals surface area contributed by atoms with E-state index in [2.05, 4.69) is 10.1 Å². The van der Waals surface area contributed by atoms with E-state index in [-0.39, 0.29) is 17.0 Å². The third-order valence-electron chi connectivity index (χ3n) is 6.29. The van der Waals surface area contributed by atoms with Gasteiger partial charge in [-0.25, -0.2) is 4.79 Å². The molecule has 2 aliphatic heterocycles. The van der Waals surface area contributed by atoms with Crippen LogP contribution in [0.4, 0.5) is 0 Å². The molecule has 174 valence electrons. The molecular weight excluding hydrogens is 452 g/mol. The van der Waals surface area contributed by atoms with E-state index in [1.54, 1.807) is 24.3 Å². The van der Waals surface area contributed by atoms with Crippen molar-refractivity contribution in [1.82, 2.24) is 5.01 Å². The summed E-state index contributed by atoms with van der Waals surface area (Å²) < 4.78 is 5.82.